The fourth-order valence-electron chi connectivity index (χ4n) is 7.12. The molecular formula is C35H36FN7O3. The number of halogens is 1. The number of anilines is 1. The van der Waals surface area contributed by atoms with Gasteiger partial charge in [0.15, 0.2) is 0 Å². The fourth-order valence-corrected chi connectivity index (χ4v) is 7.12. The minimum Gasteiger partial charge on any atom is -0.465 e. The molecule has 3 unspecified atom stereocenters. The lowest BCUT2D eigenvalue weighted by Crippen LogP contribution is -2.53. The molecular weight excluding hydrogens is 585 g/mol. The van der Waals surface area contributed by atoms with Crippen LogP contribution < -0.4 is 20.9 Å². The van der Waals surface area contributed by atoms with Gasteiger partial charge in [-0.05, 0) is 66.6 Å². The number of H-pyrrole nitrogens is 1. The molecule has 7 rings (SSSR count). The largest absolute Gasteiger partial charge is 0.465 e. The van der Waals surface area contributed by atoms with Gasteiger partial charge in [0.1, 0.15) is 18.5 Å². The minimum absolute atomic E-state index is 0.0795. The summed E-state index contributed by atoms with van der Waals surface area (Å²) in [7, 11) is 0. The van der Waals surface area contributed by atoms with Gasteiger partial charge in [0.25, 0.3) is 0 Å². The van der Waals surface area contributed by atoms with E-state index in [4.69, 9.17) is 5.11 Å². The van der Waals surface area contributed by atoms with E-state index in [0.29, 0.717) is 6.54 Å². The van der Waals surface area contributed by atoms with E-state index in [9.17, 15) is 14.0 Å². The van der Waals surface area contributed by atoms with Crippen molar-refractivity contribution in [3.8, 4) is 11.3 Å². The van der Waals surface area contributed by atoms with Gasteiger partial charge < -0.3 is 35.8 Å². The molecule has 0 spiro atoms. The number of aromatic amines is 1. The van der Waals surface area contributed by atoms with Crippen molar-refractivity contribution in [2.75, 3.05) is 18.0 Å². The number of benzene rings is 3. The summed E-state index contributed by atoms with van der Waals surface area (Å²) in [6.45, 7) is 0.379. The molecule has 2 amide bonds. The molecule has 0 saturated carbocycles. The predicted octanol–water partition coefficient (Wildman–Crippen LogP) is 5.37. The summed E-state index contributed by atoms with van der Waals surface area (Å²) in [5, 5.41) is 18.0. The van der Waals surface area contributed by atoms with Gasteiger partial charge in [0, 0.05) is 30.2 Å². The van der Waals surface area contributed by atoms with Crippen LogP contribution in [0.5, 0.6) is 0 Å². The van der Waals surface area contributed by atoms with Crippen molar-refractivity contribution in [3.05, 3.63) is 114 Å². The molecule has 46 heavy (non-hydrogen) atoms. The first kappa shape index (κ1) is 29.4. The number of hydrogen-bond donors (Lipinski definition) is 5. The van der Waals surface area contributed by atoms with E-state index in [-0.39, 0.29) is 42.6 Å². The third kappa shape index (κ3) is 5.88. The number of aromatic nitrogens is 2. The van der Waals surface area contributed by atoms with Crippen molar-refractivity contribution >= 4 is 23.4 Å². The molecule has 4 aromatic rings. The van der Waals surface area contributed by atoms with Crippen molar-refractivity contribution in [3.63, 3.8) is 0 Å². The molecule has 4 heterocycles. The number of amides is 2. The Bertz CT molecular complexity index is 1710. The maximum Gasteiger partial charge on any atom is 0.405 e. The van der Waals surface area contributed by atoms with Gasteiger partial charge in [-0.1, -0.05) is 48.5 Å². The van der Waals surface area contributed by atoms with Crippen LogP contribution in [0.3, 0.4) is 0 Å². The Morgan fingerprint density at radius 3 is 2.22 bits per heavy atom. The maximum absolute atomic E-state index is 13.9. The van der Waals surface area contributed by atoms with E-state index < -0.39 is 6.09 Å². The van der Waals surface area contributed by atoms with Gasteiger partial charge in [-0.15, -0.1) is 0 Å². The number of rotatable bonds is 8. The highest BCUT2D eigenvalue weighted by molar-refractivity contribution is 5.82. The van der Waals surface area contributed by atoms with Crippen LogP contribution in [0.4, 0.5) is 14.9 Å². The summed E-state index contributed by atoms with van der Waals surface area (Å²) in [5.74, 6) is -0.476. The van der Waals surface area contributed by atoms with Gasteiger partial charge in [0.05, 0.1) is 35.8 Å². The van der Waals surface area contributed by atoms with Gasteiger partial charge in [0.2, 0.25) is 5.91 Å². The maximum atomic E-state index is 13.9. The molecule has 0 aliphatic carbocycles. The Morgan fingerprint density at radius 2 is 1.59 bits per heavy atom. The molecule has 3 aliphatic heterocycles. The quantitative estimate of drug-likeness (QED) is 0.179. The van der Waals surface area contributed by atoms with Gasteiger partial charge in [-0.2, -0.15) is 0 Å². The van der Waals surface area contributed by atoms with E-state index in [1.165, 1.54) is 23.3 Å². The van der Waals surface area contributed by atoms with Crippen molar-refractivity contribution in [2.24, 2.45) is 0 Å². The molecule has 5 N–H and O–H groups in total. The molecule has 236 valence electrons. The summed E-state index contributed by atoms with van der Waals surface area (Å²) >= 11 is 0. The van der Waals surface area contributed by atoms with Gasteiger partial charge >= 0.3 is 6.09 Å². The van der Waals surface area contributed by atoms with Crippen molar-refractivity contribution in [1.82, 2.24) is 30.8 Å². The molecule has 2 saturated heterocycles. The highest BCUT2D eigenvalue weighted by atomic mass is 19.1. The highest BCUT2D eigenvalue weighted by Crippen LogP contribution is 2.47. The summed E-state index contributed by atoms with van der Waals surface area (Å²) in [4.78, 5) is 35.1. The van der Waals surface area contributed by atoms with Crippen molar-refractivity contribution in [2.45, 2.75) is 50.0 Å². The normalized spacial score (nSPS) is 22.3. The van der Waals surface area contributed by atoms with Crippen molar-refractivity contribution in [1.29, 1.82) is 0 Å². The fraction of sp³-hybridized carbons (Fsp3) is 0.286. The molecule has 10 nitrogen and oxygen atoms in total. The lowest BCUT2D eigenvalue weighted by Gasteiger charge is -2.33. The lowest BCUT2D eigenvalue weighted by molar-refractivity contribution is -0.131. The van der Waals surface area contributed by atoms with E-state index in [1.54, 1.807) is 11.2 Å². The predicted molar refractivity (Wildman–Crippen MR) is 173 cm³/mol. The van der Waals surface area contributed by atoms with Crippen LogP contribution in [0.25, 0.3) is 17.0 Å². The second-order valence-corrected chi connectivity index (χ2v) is 12.0. The van der Waals surface area contributed by atoms with Gasteiger partial charge in [-0.25, -0.2) is 14.2 Å². The highest BCUT2D eigenvalue weighted by Gasteiger charge is 2.38. The van der Waals surface area contributed by atoms with E-state index in [2.05, 4.69) is 79.3 Å². The minimum atomic E-state index is -1.21. The third-order valence-corrected chi connectivity index (χ3v) is 9.32. The molecule has 0 radical (unpaired) electrons. The summed E-state index contributed by atoms with van der Waals surface area (Å²) in [6.07, 6.45) is 7.76. The number of hydrogen-bond acceptors (Lipinski definition) is 6. The Labute approximate surface area is 266 Å². The summed E-state index contributed by atoms with van der Waals surface area (Å²) in [5.41, 5.74) is 7.30. The van der Waals surface area contributed by atoms with E-state index in [0.717, 1.165) is 53.9 Å². The molecule has 1 aromatic heterocycles. The summed E-state index contributed by atoms with van der Waals surface area (Å²) in [6, 6.07) is 24.0. The molecule has 3 aromatic carbocycles. The zero-order chi connectivity index (χ0) is 31.6. The van der Waals surface area contributed by atoms with Gasteiger partial charge in [-0.3, -0.25) is 4.79 Å². The number of carbonyl (C=O) groups is 2. The van der Waals surface area contributed by atoms with Crippen LogP contribution in [0.2, 0.25) is 0 Å². The third-order valence-electron chi connectivity index (χ3n) is 9.32. The average molecular weight is 622 g/mol. The van der Waals surface area contributed by atoms with E-state index >= 15 is 0 Å². The Balaban J connectivity index is 1.07. The first-order valence-electron chi connectivity index (χ1n) is 15.7. The average Bonchev–Trinajstić information content (AvgIpc) is 3.90. The number of carbonyl (C=O) groups excluding carboxylic acids is 1. The summed E-state index contributed by atoms with van der Waals surface area (Å²) < 4.78 is 13.9. The van der Waals surface area contributed by atoms with Crippen molar-refractivity contribution < 1.29 is 19.1 Å². The topological polar surface area (TPSA) is 126 Å². The van der Waals surface area contributed by atoms with Crippen LogP contribution in [0.15, 0.2) is 91.5 Å². The second kappa shape index (κ2) is 12.6. The smallest absolute Gasteiger partial charge is 0.405 e. The second-order valence-electron chi connectivity index (χ2n) is 12.0. The number of nitrogens with one attached hydrogen (secondary N) is 4. The Kier molecular flexibility index (Phi) is 8.04. The standard InChI is InChI=1S/C35H36FN7O3/c36-26-11-13-27(14-12-26)43-30(24-7-3-22(4-8-24)28-18-37-21-40-28)15-16-31(43)25-9-5-23(6-10-25)29-19-38-34(41-29)32-2-1-17-42(32)33(44)20-39-35(45)46/h3-14,18-19,21,30-32,34,38-39,41H,1-2,15-17,20H2,(H,37,40)(H,45,46)/t30?,31?,32-,34?/m0/s1. The Hall–Kier alpha value is -5.32. The Morgan fingerprint density at radius 1 is 0.913 bits per heavy atom. The molecule has 4 atom stereocenters. The zero-order valence-corrected chi connectivity index (χ0v) is 25.2. The monoisotopic (exact) mass is 621 g/mol. The zero-order valence-electron chi connectivity index (χ0n) is 25.2. The number of nitrogens with zero attached hydrogens (tertiary/aromatic N) is 3. The van der Waals surface area contributed by atoms with Crippen LogP contribution in [0.1, 0.15) is 54.5 Å². The van der Waals surface area contributed by atoms with Crippen LogP contribution in [0, 0.1) is 5.82 Å². The first-order valence-corrected chi connectivity index (χ1v) is 15.7. The molecule has 3 aliphatic rings. The number of imidazole rings is 1. The van der Waals surface area contributed by atoms with Crippen LogP contribution in [-0.2, 0) is 4.79 Å². The SMILES string of the molecule is O=C(O)NCC(=O)N1CCC[C@H]1C1NC=C(c2ccc(C3CCC(c4ccc(-c5c[nH]cn5)cc4)N3c3ccc(F)cc3)cc2)N1. The number of likely N-dealkylation sites (tertiary alicyclic amines) is 1. The van der Waals surface area contributed by atoms with Crippen LogP contribution >= 0.6 is 0 Å². The molecule has 2 fully saturated rings. The molecule has 0 bridgehead atoms. The van der Waals surface area contributed by atoms with E-state index in [1.807, 2.05) is 24.5 Å². The van der Waals surface area contributed by atoms with Crippen LogP contribution in [-0.4, -0.2) is 57.3 Å². The first-order chi connectivity index (χ1) is 22.4. The molecule has 11 heteroatoms. The lowest BCUT2D eigenvalue weighted by atomic mass is 10.0. The number of carboxylic acid groups (broad SMARTS) is 1.